The van der Waals surface area contributed by atoms with Crippen LogP contribution >= 0.6 is 0 Å². The standard InChI is InChI=1S/C27H32N2O6/c1-27(2,13-24(30)31)16-29-25(32)23-12-11-17(35-23)14-28-26(33)34-15-22-20-9-5-3-7-18(20)19-8-4-6-10-21(19)22/h3-10,17,22-23H,11-16H2,1-2H3,(H,28,33)(H,29,32)(H,30,31). The third-order valence-corrected chi connectivity index (χ3v) is 6.59. The van der Waals surface area contributed by atoms with Crippen molar-refractivity contribution in [2.75, 3.05) is 19.7 Å². The summed E-state index contributed by atoms with van der Waals surface area (Å²) in [6, 6.07) is 16.3. The van der Waals surface area contributed by atoms with Crippen molar-refractivity contribution in [3.63, 3.8) is 0 Å². The van der Waals surface area contributed by atoms with Crippen LogP contribution in [-0.4, -0.2) is 55.0 Å². The fraction of sp³-hybridized carbons (Fsp3) is 0.444. The highest BCUT2D eigenvalue weighted by Crippen LogP contribution is 2.44. The van der Waals surface area contributed by atoms with Gasteiger partial charge in [-0.15, -0.1) is 0 Å². The highest BCUT2D eigenvalue weighted by atomic mass is 16.5. The highest BCUT2D eigenvalue weighted by Gasteiger charge is 2.33. The molecule has 3 N–H and O–H groups in total. The van der Waals surface area contributed by atoms with Gasteiger partial charge in [-0.05, 0) is 40.5 Å². The molecule has 8 heteroatoms. The molecule has 0 radical (unpaired) electrons. The Morgan fingerprint density at radius 1 is 1.00 bits per heavy atom. The van der Waals surface area contributed by atoms with Crippen LogP contribution in [0.5, 0.6) is 0 Å². The highest BCUT2D eigenvalue weighted by molar-refractivity contribution is 5.81. The molecule has 0 bridgehead atoms. The molecule has 0 aromatic heterocycles. The van der Waals surface area contributed by atoms with Crippen LogP contribution in [0, 0.1) is 5.41 Å². The maximum Gasteiger partial charge on any atom is 0.407 e. The topological polar surface area (TPSA) is 114 Å². The number of alkyl carbamates (subject to hydrolysis) is 1. The SMILES string of the molecule is CC(C)(CNC(=O)C1CCC(CNC(=O)OCC2c3ccccc3-c3ccccc32)O1)CC(=O)O. The lowest BCUT2D eigenvalue weighted by molar-refractivity contribution is -0.140. The first kappa shape index (κ1) is 24.7. The summed E-state index contributed by atoms with van der Waals surface area (Å²) in [5.41, 5.74) is 4.10. The van der Waals surface area contributed by atoms with E-state index in [1.807, 2.05) is 24.3 Å². The molecule has 4 rings (SSSR count). The fourth-order valence-electron chi connectivity index (χ4n) is 4.81. The molecular weight excluding hydrogens is 448 g/mol. The molecule has 0 spiro atoms. The van der Waals surface area contributed by atoms with Gasteiger partial charge >= 0.3 is 12.1 Å². The van der Waals surface area contributed by atoms with Gasteiger partial charge in [0.2, 0.25) is 5.91 Å². The van der Waals surface area contributed by atoms with E-state index in [-0.39, 0.29) is 44.0 Å². The van der Waals surface area contributed by atoms with E-state index in [4.69, 9.17) is 14.6 Å². The van der Waals surface area contributed by atoms with E-state index in [1.54, 1.807) is 13.8 Å². The Labute approximate surface area is 205 Å². The van der Waals surface area contributed by atoms with Gasteiger partial charge < -0.3 is 25.2 Å². The molecule has 0 saturated carbocycles. The van der Waals surface area contributed by atoms with Crippen molar-refractivity contribution in [3.05, 3.63) is 59.7 Å². The normalized spacial score (nSPS) is 19.0. The van der Waals surface area contributed by atoms with Gasteiger partial charge in [0.15, 0.2) is 0 Å². The molecule has 186 valence electrons. The van der Waals surface area contributed by atoms with Gasteiger partial charge in [-0.25, -0.2) is 4.79 Å². The summed E-state index contributed by atoms with van der Waals surface area (Å²) in [5.74, 6) is -1.16. The zero-order valence-corrected chi connectivity index (χ0v) is 20.1. The lowest BCUT2D eigenvalue weighted by Crippen LogP contribution is -2.41. The molecule has 2 amide bonds. The molecule has 2 atom stereocenters. The largest absolute Gasteiger partial charge is 0.481 e. The Balaban J connectivity index is 1.21. The number of nitrogens with one attached hydrogen (secondary N) is 2. The van der Waals surface area contributed by atoms with Crippen LogP contribution in [0.4, 0.5) is 4.79 Å². The summed E-state index contributed by atoms with van der Waals surface area (Å²) in [7, 11) is 0. The number of amides is 2. The minimum atomic E-state index is -0.902. The van der Waals surface area contributed by atoms with Crippen LogP contribution < -0.4 is 10.6 Å². The first-order valence-electron chi connectivity index (χ1n) is 12.0. The minimum Gasteiger partial charge on any atom is -0.481 e. The van der Waals surface area contributed by atoms with Crippen LogP contribution in [0.15, 0.2) is 48.5 Å². The zero-order chi connectivity index (χ0) is 25.0. The summed E-state index contributed by atoms with van der Waals surface area (Å²) < 4.78 is 11.3. The molecule has 2 aromatic carbocycles. The third kappa shape index (κ3) is 6.00. The summed E-state index contributed by atoms with van der Waals surface area (Å²) in [6.45, 7) is 4.32. The average molecular weight is 481 g/mol. The Bertz CT molecular complexity index is 1050. The van der Waals surface area contributed by atoms with Crippen molar-refractivity contribution in [2.45, 2.75) is 51.2 Å². The van der Waals surface area contributed by atoms with Crippen LogP contribution in [0.25, 0.3) is 11.1 Å². The number of rotatable bonds is 9. The number of fused-ring (bicyclic) bond motifs is 3. The van der Waals surface area contributed by atoms with Crippen LogP contribution in [0.1, 0.15) is 50.2 Å². The maximum atomic E-state index is 12.4. The van der Waals surface area contributed by atoms with Crippen molar-refractivity contribution in [1.29, 1.82) is 0 Å². The summed E-state index contributed by atoms with van der Waals surface area (Å²) in [6.07, 6.45) is -0.254. The number of carboxylic acid groups (broad SMARTS) is 1. The first-order chi connectivity index (χ1) is 16.7. The third-order valence-electron chi connectivity index (χ3n) is 6.59. The number of carbonyl (C=O) groups excluding carboxylic acids is 2. The van der Waals surface area contributed by atoms with Crippen molar-refractivity contribution in [1.82, 2.24) is 10.6 Å². The van der Waals surface area contributed by atoms with Gasteiger partial charge in [-0.3, -0.25) is 9.59 Å². The predicted octanol–water partition coefficient (Wildman–Crippen LogP) is 3.69. The van der Waals surface area contributed by atoms with Gasteiger partial charge in [0, 0.05) is 19.0 Å². The van der Waals surface area contributed by atoms with E-state index in [0.29, 0.717) is 12.8 Å². The second-order valence-electron chi connectivity index (χ2n) is 9.98. The number of benzene rings is 2. The van der Waals surface area contributed by atoms with E-state index in [0.717, 1.165) is 11.1 Å². The van der Waals surface area contributed by atoms with E-state index in [9.17, 15) is 14.4 Å². The summed E-state index contributed by atoms with van der Waals surface area (Å²) >= 11 is 0. The second-order valence-corrected chi connectivity index (χ2v) is 9.98. The number of hydrogen-bond donors (Lipinski definition) is 3. The van der Waals surface area contributed by atoms with Gasteiger partial charge in [-0.2, -0.15) is 0 Å². The van der Waals surface area contributed by atoms with Gasteiger partial charge in [-0.1, -0.05) is 62.4 Å². The van der Waals surface area contributed by atoms with E-state index in [2.05, 4.69) is 34.9 Å². The molecule has 2 aliphatic rings. The van der Waals surface area contributed by atoms with E-state index >= 15 is 0 Å². The number of carboxylic acids is 1. The second kappa shape index (κ2) is 10.5. The number of ether oxygens (including phenoxy) is 2. The number of carbonyl (C=O) groups is 3. The van der Waals surface area contributed by atoms with E-state index < -0.39 is 23.6 Å². The maximum absolute atomic E-state index is 12.4. The smallest absolute Gasteiger partial charge is 0.407 e. The zero-order valence-electron chi connectivity index (χ0n) is 20.1. The Morgan fingerprint density at radius 2 is 1.63 bits per heavy atom. The molecule has 1 heterocycles. The van der Waals surface area contributed by atoms with Gasteiger partial charge in [0.1, 0.15) is 12.7 Å². The molecular formula is C27H32N2O6. The molecule has 1 fully saturated rings. The van der Waals surface area contributed by atoms with E-state index in [1.165, 1.54) is 11.1 Å². The van der Waals surface area contributed by atoms with Crippen LogP contribution in [0.3, 0.4) is 0 Å². The number of hydrogen-bond acceptors (Lipinski definition) is 5. The molecule has 1 aliphatic carbocycles. The lowest BCUT2D eigenvalue weighted by atomic mass is 9.89. The fourth-order valence-corrected chi connectivity index (χ4v) is 4.81. The Morgan fingerprint density at radius 3 is 2.26 bits per heavy atom. The lowest BCUT2D eigenvalue weighted by Gasteiger charge is -2.23. The predicted molar refractivity (Wildman–Crippen MR) is 130 cm³/mol. The first-order valence-corrected chi connectivity index (χ1v) is 12.0. The van der Waals surface area contributed by atoms with Crippen molar-refractivity contribution < 1.29 is 29.0 Å². The molecule has 2 aromatic rings. The molecule has 35 heavy (non-hydrogen) atoms. The van der Waals surface area contributed by atoms with Crippen LogP contribution in [-0.2, 0) is 19.1 Å². The van der Waals surface area contributed by atoms with Crippen molar-refractivity contribution in [2.24, 2.45) is 5.41 Å². The molecule has 2 unspecified atom stereocenters. The van der Waals surface area contributed by atoms with Gasteiger partial charge in [0.05, 0.1) is 12.5 Å². The monoisotopic (exact) mass is 480 g/mol. The Hall–Kier alpha value is -3.39. The molecule has 8 nitrogen and oxygen atoms in total. The van der Waals surface area contributed by atoms with Crippen LogP contribution in [0.2, 0.25) is 0 Å². The van der Waals surface area contributed by atoms with Crippen molar-refractivity contribution in [3.8, 4) is 11.1 Å². The number of aliphatic carboxylic acids is 1. The quantitative estimate of drug-likeness (QED) is 0.504. The summed E-state index contributed by atoms with van der Waals surface area (Å²) in [4.78, 5) is 35.7. The molecule has 1 aliphatic heterocycles. The average Bonchev–Trinajstić information content (AvgIpc) is 3.42. The molecule has 1 saturated heterocycles. The van der Waals surface area contributed by atoms with Gasteiger partial charge in [0.25, 0.3) is 0 Å². The minimum absolute atomic E-state index is 0.00525. The summed E-state index contributed by atoms with van der Waals surface area (Å²) in [5, 5.41) is 14.5. The van der Waals surface area contributed by atoms with Crippen molar-refractivity contribution >= 4 is 18.0 Å². The Kier molecular flexibility index (Phi) is 7.40.